The van der Waals surface area contributed by atoms with Crippen LogP contribution in [-0.2, 0) is 9.59 Å². The van der Waals surface area contributed by atoms with Crippen LogP contribution in [0.4, 0.5) is 0 Å². The van der Waals surface area contributed by atoms with Crippen molar-refractivity contribution in [1.82, 2.24) is 10.2 Å². The molecule has 1 rings (SSSR count). The van der Waals surface area contributed by atoms with Crippen LogP contribution in [0.1, 0.15) is 6.92 Å². The van der Waals surface area contributed by atoms with Crippen LogP contribution in [0.2, 0.25) is 0 Å². The highest BCUT2D eigenvalue weighted by molar-refractivity contribution is 5.84. The van der Waals surface area contributed by atoms with E-state index >= 15 is 0 Å². The average Bonchev–Trinajstić information content (AvgIpc) is 2.63. The van der Waals surface area contributed by atoms with E-state index in [1.807, 2.05) is 0 Å². The summed E-state index contributed by atoms with van der Waals surface area (Å²) >= 11 is 0. The van der Waals surface area contributed by atoms with Gasteiger partial charge in [-0.15, -0.1) is 0 Å². The molecule has 0 spiro atoms. The highest BCUT2D eigenvalue weighted by atomic mass is 16.2. The van der Waals surface area contributed by atoms with Gasteiger partial charge in [0.2, 0.25) is 11.8 Å². The number of carbonyl (C=O) groups is 2. The van der Waals surface area contributed by atoms with Crippen LogP contribution in [0, 0.1) is 0 Å². The lowest BCUT2D eigenvalue weighted by atomic mass is 10.5. The summed E-state index contributed by atoms with van der Waals surface area (Å²) in [5.41, 5.74) is 0. The number of rotatable bonds is 2. The molecule has 10 heavy (non-hydrogen) atoms. The van der Waals surface area contributed by atoms with Gasteiger partial charge in [0.15, 0.2) is 0 Å². The van der Waals surface area contributed by atoms with E-state index < -0.39 is 0 Å². The standard InChI is InChI=1S/C6H10N2O2/c1-5(9)7-4-6(10)8-2-3-8/h2-4H2,1H3,(H,7,9). The van der Waals surface area contributed by atoms with Crippen molar-refractivity contribution in [2.75, 3.05) is 19.6 Å². The molecule has 1 fully saturated rings. The molecule has 4 heteroatoms. The molecule has 0 aliphatic carbocycles. The van der Waals surface area contributed by atoms with Crippen LogP contribution in [-0.4, -0.2) is 36.3 Å². The predicted molar refractivity (Wildman–Crippen MR) is 35.3 cm³/mol. The Kier molecular flexibility index (Phi) is 1.89. The number of nitrogens with one attached hydrogen (secondary N) is 1. The summed E-state index contributed by atoms with van der Waals surface area (Å²) < 4.78 is 0. The van der Waals surface area contributed by atoms with Gasteiger partial charge >= 0.3 is 0 Å². The smallest absolute Gasteiger partial charge is 0.242 e. The van der Waals surface area contributed by atoms with E-state index in [1.54, 1.807) is 4.90 Å². The van der Waals surface area contributed by atoms with Crippen LogP contribution >= 0.6 is 0 Å². The van der Waals surface area contributed by atoms with Crippen LogP contribution in [0.15, 0.2) is 0 Å². The summed E-state index contributed by atoms with van der Waals surface area (Å²) in [6, 6.07) is 0. The van der Waals surface area contributed by atoms with Gasteiger partial charge in [-0.2, -0.15) is 0 Å². The second-order valence-corrected chi connectivity index (χ2v) is 2.29. The van der Waals surface area contributed by atoms with Crippen LogP contribution < -0.4 is 5.32 Å². The zero-order chi connectivity index (χ0) is 7.56. The third-order valence-electron chi connectivity index (χ3n) is 1.29. The van der Waals surface area contributed by atoms with E-state index in [9.17, 15) is 9.59 Å². The summed E-state index contributed by atoms with van der Waals surface area (Å²) in [7, 11) is 0. The molecule has 1 saturated heterocycles. The monoisotopic (exact) mass is 142 g/mol. The lowest BCUT2D eigenvalue weighted by Crippen LogP contribution is -2.30. The Morgan fingerprint density at radius 1 is 1.50 bits per heavy atom. The molecule has 0 aromatic rings. The van der Waals surface area contributed by atoms with Gasteiger partial charge in [-0.3, -0.25) is 9.59 Å². The Hall–Kier alpha value is -1.06. The molecule has 0 saturated carbocycles. The van der Waals surface area contributed by atoms with Gasteiger partial charge < -0.3 is 10.2 Å². The van der Waals surface area contributed by atoms with E-state index in [1.165, 1.54) is 6.92 Å². The van der Waals surface area contributed by atoms with Crippen molar-refractivity contribution in [2.45, 2.75) is 6.92 Å². The number of hydrogen-bond acceptors (Lipinski definition) is 2. The molecule has 1 aliphatic heterocycles. The van der Waals surface area contributed by atoms with E-state index in [-0.39, 0.29) is 18.4 Å². The van der Waals surface area contributed by atoms with Crippen molar-refractivity contribution in [3.63, 3.8) is 0 Å². The van der Waals surface area contributed by atoms with E-state index in [0.717, 1.165) is 13.1 Å². The normalized spacial score (nSPS) is 14.7. The molecule has 2 amide bonds. The second-order valence-electron chi connectivity index (χ2n) is 2.29. The Labute approximate surface area is 59.2 Å². The predicted octanol–water partition coefficient (Wildman–Crippen LogP) is -1.04. The minimum atomic E-state index is -0.157. The maximum atomic E-state index is 10.8. The number of hydrogen-bond donors (Lipinski definition) is 1. The number of carbonyl (C=O) groups excluding carboxylic acids is 2. The van der Waals surface area contributed by atoms with Crippen LogP contribution in [0.5, 0.6) is 0 Å². The maximum absolute atomic E-state index is 10.8. The molecule has 1 heterocycles. The molecular formula is C6H10N2O2. The molecule has 0 atom stereocenters. The highest BCUT2D eigenvalue weighted by Crippen LogP contribution is 2.01. The maximum Gasteiger partial charge on any atom is 0.242 e. The Bertz CT molecular complexity index is 163. The van der Waals surface area contributed by atoms with Gasteiger partial charge in [-0.1, -0.05) is 0 Å². The molecule has 1 N–H and O–H groups in total. The minimum absolute atomic E-state index is 0.00944. The number of amides is 2. The third kappa shape index (κ3) is 2.05. The van der Waals surface area contributed by atoms with E-state index in [0.29, 0.717) is 0 Å². The molecule has 56 valence electrons. The Balaban J connectivity index is 2.12. The van der Waals surface area contributed by atoms with Gasteiger partial charge in [0, 0.05) is 20.0 Å². The molecule has 0 radical (unpaired) electrons. The summed E-state index contributed by atoms with van der Waals surface area (Å²) in [6.07, 6.45) is 0. The summed E-state index contributed by atoms with van der Waals surface area (Å²) in [5, 5.41) is 2.44. The first-order chi connectivity index (χ1) is 4.70. The van der Waals surface area contributed by atoms with Gasteiger partial charge in [0.1, 0.15) is 0 Å². The molecule has 0 aromatic carbocycles. The molecule has 0 unspecified atom stereocenters. The zero-order valence-corrected chi connectivity index (χ0v) is 5.89. The second kappa shape index (κ2) is 2.68. The van der Waals surface area contributed by atoms with E-state index in [4.69, 9.17) is 0 Å². The van der Waals surface area contributed by atoms with Gasteiger partial charge in [0.05, 0.1) is 6.54 Å². The fourth-order valence-electron chi connectivity index (χ4n) is 0.611. The lowest BCUT2D eigenvalue weighted by molar-refractivity contribution is -0.128. The molecule has 0 aromatic heterocycles. The van der Waals surface area contributed by atoms with Crippen molar-refractivity contribution >= 4 is 11.8 Å². The molecular weight excluding hydrogens is 132 g/mol. The first kappa shape index (κ1) is 7.05. The number of nitrogens with zero attached hydrogens (tertiary/aromatic N) is 1. The van der Waals surface area contributed by atoms with Gasteiger partial charge in [0.25, 0.3) is 0 Å². The Morgan fingerprint density at radius 3 is 2.50 bits per heavy atom. The largest absolute Gasteiger partial charge is 0.347 e. The molecule has 0 bridgehead atoms. The quantitative estimate of drug-likeness (QED) is 0.501. The topological polar surface area (TPSA) is 49.2 Å². The molecule has 4 nitrogen and oxygen atoms in total. The van der Waals surface area contributed by atoms with Crippen molar-refractivity contribution in [1.29, 1.82) is 0 Å². The van der Waals surface area contributed by atoms with Crippen molar-refractivity contribution in [3.8, 4) is 0 Å². The van der Waals surface area contributed by atoms with Crippen LogP contribution in [0.25, 0.3) is 0 Å². The minimum Gasteiger partial charge on any atom is -0.347 e. The lowest BCUT2D eigenvalue weighted by Gasteiger charge is -2.00. The Morgan fingerprint density at radius 2 is 2.10 bits per heavy atom. The van der Waals surface area contributed by atoms with Crippen LogP contribution in [0.3, 0.4) is 0 Å². The first-order valence-electron chi connectivity index (χ1n) is 3.22. The first-order valence-corrected chi connectivity index (χ1v) is 3.22. The summed E-state index contributed by atoms with van der Waals surface area (Å²) in [5.74, 6) is -0.148. The summed E-state index contributed by atoms with van der Waals surface area (Å²) in [6.45, 7) is 3.24. The zero-order valence-electron chi connectivity index (χ0n) is 5.89. The molecule has 1 aliphatic rings. The van der Waals surface area contributed by atoms with Crippen molar-refractivity contribution in [3.05, 3.63) is 0 Å². The third-order valence-corrected chi connectivity index (χ3v) is 1.29. The summed E-state index contributed by atoms with van der Waals surface area (Å²) in [4.78, 5) is 22.8. The van der Waals surface area contributed by atoms with E-state index in [2.05, 4.69) is 5.32 Å². The SMILES string of the molecule is CC(=O)NCC(=O)N1CC1. The van der Waals surface area contributed by atoms with Gasteiger partial charge in [-0.05, 0) is 0 Å². The van der Waals surface area contributed by atoms with Gasteiger partial charge in [-0.25, -0.2) is 0 Å². The fourth-order valence-corrected chi connectivity index (χ4v) is 0.611. The van der Waals surface area contributed by atoms with Crippen molar-refractivity contribution < 1.29 is 9.59 Å². The highest BCUT2D eigenvalue weighted by Gasteiger charge is 2.23. The fraction of sp³-hybridized carbons (Fsp3) is 0.667. The van der Waals surface area contributed by atoms with Crippen molar-refractivity contribution in [2.24, 2.45) is 0 Å². The average molecular weight is 142 g/mol.